The lowest BCUT2D eigenvalue weighted by Crippen LogP contribution is -2.42. The lowest BCUT2D eigenvalue weighted by Gasteiger charge is -2.30. The van der Waals surface area contributed by atoms with Gasteiger partial charge in [0.05, 0.1) is 12.6 Å². The molecule has 0 aromatic heterocycles. The first kappa shape index (κ1) is 11.6. The summed E-state index contributed by atoms with van der Waals surface area (Å²) in [5, 5.41) is 13.7. The minimum atomic E-state index is -0.859. The van der Waals surface area contributed by atoms with Gasteiger partial charge in [0.25, 0.3) is 0 Å². The summed E-state index contributed by atoms with van der Waals surface area (Å²) in [6, 6.07) is 8.17. The van der Waals surface area contributed by atoms with Crippen LogP contribution in [0.5, 0.6) is 0 Å². The van der Waals surface area contributed by atoms with Crippen molar-refractivity contribution >= 4 is 0 Å². The summed E-state index contributed by atoms with van der Waals surface area (Å²) in [4.78, 5) is 0. The van der Waals surface area contributed by atoms with Gasteiger partial charge in [0, 0.05) is 13.2 Å². The molecule has 1 aliphatic rings. The number of aliphatic hydroxyl groups is 1. The highest BCUT2D eigenvalue weighted by atomic mass is 16.5. The van der Waals surface area contributed by atoms with Crippen LogP contribution in [-0.2, 0) is 11.3 Å². The molecule has 2 atom stereocenters. The molecule has 2 N–H and O–H groups in total. The van der Waals surface area contributed by atoms with E-state index < -0.39 is 5.60 Å². The Balaban J connectivity index is 2.17. The summed E-state index contributed by atoms with van der Waals surface area (Å²) in [5.41, 5.74) is 1.60. The molecule has 0 saturated carbocycles. The van der Waals surface area contributed by atoms with E-state index >= 15 is 0 Å². The standard InChI is InChI=1S/C13H19NO2/c1-3-16-9-13(2,15)12-11-7-5-4-6-10(11)8-14-12/h4-7,12,14-15H,3,8-9H2,1-2H3. The molecule has 2 rings (SSSR count). The van der Waals surface area contributed by atoms with Gasteiger partial charge in [-0.1, -0.05) is 24.3 Å². The minimum Gasteiger partial charge on any atom is -0.386 e. The maximum atomic E-state index is 10.4. The smallest absolute Gasteiger partial charge is 0.105 e. The average molecular weight is 221 g/mol. The summed E-state index contributed by atoms with van der Waals surface area (Å²) < 4.78 is 5.34. The SMILES string of the molecule is CCOCC(C)(O)C1NCc2ccccc21. The molecule has 1 aliphatic heterocycles. The van der Waals surface area contributed by atoms with Gasteiger partial charge in [0.1, 0.15) is 5.60 Å². The zero-order valence-corrected chi connectivity index (χ0v) is 9.86. The Labute approximate surface area is 96.4 Å². The Bertz CT molecular complexity index is 363. The topological polar surface area (TPSA) is 41.5 Å². The summed E-state index contributed by atoms with van der Waals surface area (Å²) in [6.07, 6.45) is 0. The first-order valence-electron chi connectivity index (χ1n) is 5.76. The van der Waals surface area contributed by atoms with Gasteiger partial charge in [-0.05, 0) is 25.0 Å². The zero-order chi connectivity index (χ0) is 11.6. The Kier molecular flexibility index (Phi) is 3.28. The van der Waals surface area contributed by atoms with Gasteiger partial charge < -0.3 is 15.2 Å². The van der Waals surface area contributed by atoms with Gasteiger partial charge in [-0.15, -0.1) is 0 Å². The van der Waals surface area contributed by atoms with Crippen LogP contribution in [0.2, 0.25) is 0 Å². The van der Waals surface area contributed by atoms with Crippen molar-refractivity contribution in [2.24, 2.45) is 0 Å². The van der Waals surface area contributed by atoms with Crippen molar-refractivity contribution in [2.75, 3.05) is 13.2 Å². The molecular formula is C13H19NO2. The Hall–Kier alpha value is -0.900. The van der Waals surface area contributed by atoms with E-state index in [0.29, 0.717) is 13.2 Å². The second-order valence-corrected chi connectivity index (χ2v) is 4.51. The van der Waals surface area contributed by atoms with Gasteiger partial charge in [-0.25, -0.2) is 0 Å². The number of fused-ring (bicyclic) bond motifs is 1. The van der Waals surface area contributed by atoms with Crippen molar-refractivity contribution < 1.29 is 9.84 Å². The Morgan fingerprint density at radius 1 is 1.50 bits per heavy atom. The molecule has 16 heavy (non-hydrogen) atoms. The van der Waals surface area contributed by atoms with E-state index in [1.165, 1.54) is 11.1 Å². The molecule has 0 bridgehead atoms. The highest BCUT2D eigenvalue weighted by Gasteiger charge is 2.37. The first-order chi connectivity index (χ1) is 7.65. The van der Waals surface area contributed by atoms with Crippen molar-refractivity contribution in [1.82, 2.24) is 5.32 Å². The summed E-state index contributed by atoms with van der Waals surface area (Å²) >= 11 is 0. The lowest BCUT2D eigenvalue weighted by molar-refractivity contribution is -0.0538. The largest absolute Gasteiger partial charge is 0.386 e. The van der Waals surface area contributed by atoms with Crippen LogP contribution in [-0.4, -0.2) is 23.9 Å². The molecule has 0 fully saturated rings. The second kappa shape index (κ2) is 4.53. The molecule has 0 saturated heterocycles. The molecule has 0 aliphatic carbocycles. The van der Waals surface area contributed by atoms with Crippen molar-refractivity contribution in [1.29, 1.82) is 0 Å². The monoisotopic (exact) mass is 221 g/mol. The van der Waals surface area contributed by atoms with Crippen LogP contribution in [0.25, 0.3) is 0 Å². The molecule has 0 spiro atoms. The molecule has 3 nitrogen and oxygen atoms in total. The highest BCUT2D eigenvalue weighted by Crippen LogP contribution is 2.33. The van der Waals surface area contributed by atoms with Crippen LogP contribution in [0, 0.1) is 0 Å². The predicted octanol–water partition coefficient (Wildman–Crippen LogP) is 1.62. The van der Waals surface area contributed by atoms with Gasteiger partial charge in [0.2, 0.25) is 0 Å². The van der Waals surface area contributed by atoms with Crippen LogP contribution in [0.1, 0.15) is 31.0 Å². The van der Waals surface area contributed by atoms with E-state index in [1.54, 1.807) is 0 Å². The van der Waals surface area contributed by atoms with Crippen LogP contribution in [0.4, 0.5) is 0 Å². The average Bonchev–Trinajstić information content (AvgIpc) is 2.71. The van der Waals surface area contributed by atoms with Crippen molar-refractivity contribution in [2.45, 2.75) is 32.0 Å². The molecule has 0 radical (unpaired) electrons. The Morgan fingerprint density at radius 3 is 3.00 bits per heavy atom. The van der Waals surface area contributed by atoms with E-state index in [9.17, 15) is 5.11 Å². The molecule has 1 heterocycles. The fraction of sp³-hybridized carbons (Fsp3) is 0.538. The van der Waals surface area contributed by atoms with Crippen LogP contribution in [0.15, 0.2) is 24.3 Å². The molecule has 1 aromatic carbocycles. The first-order valence-corrected chi connectivity index (χ1v) is 5.76. The molecule has 3 heteroatoms. The van der Waals surface area contributed by atoms with Gasteiger partial charge in [0.15, 0.2) is 0 Å². The lowest BCUT2D eigenvalue weighted by atomic mass is 9.91. The van der Waals surface area contributed by atoms with Crippen molar-refractivity contribution in [3.8, 4) is 0 Å². The normalized spacial score (nSPS) is 22.8. The zero-order valence-electron chi connectivity index (χ0n) is 9.86. The molecule has 0 amide bonds. The number of hydrogen-bond donors (Lipinski definition) is 2. The molecule has 88 valence electrons. The maximum absolute atomic E-state index is 10.4. The predicted molar refractivity (Wildman–Crippen MR) is 63.1 cm³/mol. The third-order valence-electron chi connectivity index (χ3n) is 3.08. The maximum Gasteiger partial charge on any atom is 0.105 e. The third-order valence-corrected chi connectivity index (χ3v) is 3.08. The van der Waals surface area contributed by atoms with Gasteiger partial charge in [-0.3, -0.25) is 0 Å². The summed E-state index contributed by atoms with van der Waals surface area (Å²) in [6.45, 7) is 5.57. The van der Waals surface area contributed by atoms with E-state index in [4.69, 9.17) is 4.74 Å². The van der Waals surface area contributed by atoms with Gasteiger partial charge >= 0.3 is 0 Å². The van der Waals surface area contributed by atoms with E-state index in [2.05, 4.69) is 17.4 Å². The highest BCUT2D eigenvalue weighted by molar-refractivity contribution is 5.35. The number of benzene rings is 1. The fourth-order valence-corrected chi connectivity index (χ4v) is 2.25. The van der Waals surface area contributed by atoms with Crippen LogP contribution in [0.3, 0.4) is 0 Å². The molecule has 2 unspecified atom stereocenters. The van der Waals surface area contributed by atoms with Gasteiger partial charge in [-0.2, -0.15) is 0 Å². The molecule has 1 aromatic rings. The Morgan fingerprint density at radius 2 is 2.25 bits per heavy atom. The number of nitrogens with one attached hydrogen (secondary N) is 1. The molecular weight excluding hydrogens is 202 g/mol. The quantitative estimate of drug-likeness (QED) is 0.811. The fourth-order valence-electron chi connectivity index (χ4n) is 2.25. The number of rotatable bonds is 4. The second-order valence-electron chi connectivity index (χ2n) is 4.51. The summed E-state index contributed by atoms with van der Waals surface area (Å²) in [7, 11) is 0. The number of hydrogen-bond acceptors (Lipinski definition) is 3. The van der Waals surface area contributed by atoms with E-state index in [-0.39, 0.29) is 6.04 Å². The van der Waals surface area contributed by atoms with E-state index in [0.717, 1.165) is 6.54 Å². The summed E-state index contributed by atoms with van der Waals surface area (Å²) in [5.74, 6) is 0. The number of ether oxygens (including phenoxy) is 1. The van der Waals surface area contributed by atoms with E-state index in [1.807, 2.05) is 26.0 Å². The minimum absolute atomic E-state index is 0.0322. The van der Waals surface area contributed by atoms with Crippen molar-refractivity contribution in [3.05, 3.63) is 35.4 Å². The van der Waals surface area contributed by atoms with Crippen LogP contribution < -0.4 is 5.32 Å². The van der Waals surface area contributed by atoms with Crippen LogP contribution >= 0.6 is 0 Å². The van der Waals surface area contributed by atoms with Crippen molar-refractivity contribution in [3.63, 3.8) is 0 Å². The third kappa shape index (κ3) is 2.12.